The van der Waals surface area contributed by atoms with Crippen molar-refractivity contribution < 1.29 is 54.4 Å². The molecule has 3 rings (SSSR count). The van der Waals surface area contributed by atoms with Crippen LogP contribution in [0.1, 0.15) is 5.56 Å². The number of hydrogen-bond donors (Lipinski definition) is 6. The van der Waals surface area contributed by atoms with E-state index in [4.69, 9.17) is 24.1 Å². The van der Waals surface area contributed by atoms with Gasteiger partial charge in [-0.2, -0.15) is 0 Å². The molecule has 2 saturated heterocycles. The highest BCUT2D eigenvalue weighted by Crippen LogP contribution is 2.26. The van der Waals surface area contributed by atoms with Gasteiger partial charge in [-0.05, 0) is 11.6 Å². The molecule has 2 heterocycles. The fraction of sp³-hybridized carbons (Fsp3) is 0.550. The van der Waals surface area contributed by atoms with Crippen molar-refractivity contribution >= 4 is 12.0 Å². The number of aliphatic hydroxyl groups is 6. The number of ether oxygens (including phenoxy) is 4. The summed E-state index contributed by atoms with van der Waals surface area (Å²) in [6.45, 7) is -0.981. The van der Waals surface area contributed by atoms with Crippen molar-refractivity contribution in [3.8, 4) is 0 Å². The van der Waals surface area contributed by atoms with Gasteiger partial charge in [0, 0.05) is 6.08 Å². The third-order valence-electron chi connectivity index (χ3n) is 5.04. The molecular formula is C20H26O11. The number of esters is 1. The van der Waals surface area contributed by atoms with Crippen LogP contribution in [-0.4, -0.2) is 105 Å². The lowest BCUT2D eigenvalue weighted by Crippen LogP contribution is -2.59. The molecule has 2 aliphatic rings. The molecule has 0 aliphatic carbocycles. The minimum absolute atomic E-state index is 0.439. The largest absolute Gasteiger partial charge is 0.430 e. The average Bonchev–Trinajstić information content (AvgIpc) is 3.05. The topological polar surface area (TPSA) is 175 Å². The Morgan fingerprint density at radius 3 is 2.13 bits per heavy atom. The van der Waals surface area contributed by atoms with Crippen LogP contribution in [0.25, 0.3) is 6.08 Å². The zero-order valence-electron chi connectivity index (χ0n) is 16.4. The highest BCUT2D eigenvalue weighted by Gasteiger charge is 2.47. The quantitative estimate of drug-likeness (QED) is 0.195. The normalized spacial score (nSPS) is 38.5. The molecule has 0 saturated carbocycles. The Bertz CT molecular complexity index is 742. The summed E-state index contributed by atoms with van der Waals surface area (Å²) in [7, 11) is 0. The van der Waals surface area contributed by atoms with Crippen LogP contribution in [0.3, 0.4) is 0 Å². The van der Waals surface area contributed by atoms with E-state index in [-0.39, 0.29) is 0 Å². The first kappa shape index (κ1) is 23.7. The van der Waals surface area contributed by atoms with Gasteiger partial charge in [0.25, 0.3) is 0 Å². The summed E-state index contributed by atoms with van der Waals surface area (Å²) in [4.78, 5) is 12.1. The molecule has 2 fully saturated rings. The number of carbonyl (C=O) groups is 1. The van der Waals surface area contributed by atoms with E-state index in [2.05, 4.69) is 0 Å². The van der Waals surface area contributed by atoms with Gasteiger partial charge in [-0.1, -0.05) is 30.3 Å². The van der Waals surface area contributed by atoms with Gasteiger partial charge in [0.05, 0.1) is 13.2 Å². The van der Waals surface area contributed by atoms with Crippen LogP contribution < -0.4 is 0 Å². The molecule has 0 bridgehead atoms. The molecule has 11 heteroatoms. The molecule has 0 radical (unpaired) electrons. The van der Waals surface area contributed by atoms with Gasteiger partial charge < -0.3 is 49.6 Å². The van der Waals surface area contributed by atoms with Crippen molar-refractivity contribution in [2.45, 2.75) is 55.3 Å². The van der Waals surface area contributed by atoms with Crippen molar-refractivity contribution in [2.75, 3.05) is 13.2 Å². The lowest BCUT2D eigenvalue weighted by atomic mass is 9.99. The Morgan fingerprint density at radius 1 is 0.871 bits per heavy atom. The van der Waals surface area contributed by atoms with E-state index in [0.717, 1.165) is 11.6 Å². The summed E-state index contributed by atoms with van der Waals surface area (Å²) in [5, 5.41) is 59.0. The lowest BCUT2D eigenvalue weighted by Gasteiger charge is -2.39. The zero-order chi connectivity index (χ0) is 22.5. The van der Waals surface area contributed by atoms with Gasteiger partial charge >= 0.3 is 5.97 Å². The number of rotatable bonds is 7. The summed E-state index contributed by atoms with van der Waals surface area (Å²) in [5.74, 6) is -0.848. The van der Waals surface area contributed by atoms with Crippen LogP contribution in [0.5, 0.6) is 0 Å². The SMILES string of the molecule is O=C(/C=C/c1ccccc1)O[C@@H]1O[C@H](CO[C@H]2O[C@H](CO)[C@H](O)[C@H]2O)[C@@H](O)[C@H](O)[C@H]1O. The summed E-state index contributed by atoms with van der Waals surface area (Å²) in [6.07, 6.45) is -10.4. The summed E-state index contributed by atoms with van der Waals surface area (Å²) in [5.41, 5.74) is 0.741. The van der Waals surface area contributed by atoms with Crippen molar-refractivity contribution in [2.24, 2.45) is 0 Å². The highest BCUT2D eigenvalue weighted by molar-refractivity contribution is 5.87. The molecule has 31 heavy (non-hydrogen) atoms. The molecule has 1 aromatic carbocycles. The van der Waals surface area contributed by atoms with E-state index >= 15 is 0 Å². The molecule has 0 amide bonds. The summed E-state index contributed by atoms with van der Waals surface area (Å²) >= 11 is 0. The Labute approximate surface area is 177 Å². The van der Waals surface area contributed by atoms with Crippen molar-refractivity contribution in [3.63, 3.8) is 0 Å². The summed E-state index contributed by atoms with van der Waals surface area (Å²) in [6, 6.07) is 8.92. The van der Waals surface area contributed by atoms with E-state index in [0.29, 0.717) is 0 Å². The molecule has 2 aliphatic heterocycles. The summed E-state index contributed by atoms with van der Waals surface area (Å²) < 4.78 is 20.9. The van der Waals surface area contributed by atoms with Gasteiger partial charge in [0.15, 0.2) is 6.29 Å². The molecule has 6 N–H and O–H groups in total. The Kier molecular flexibility index (Phi) is 8.11. The lowest BCUT2D eigenvalue weighted by molar-refractivity contribution is -0.301. The second-order valence-electron chi connectivity index (χ2n) is 7.24. The number of carbonyl (C=O) groups excluding carboxylic acids is 1. The second kappa shape index (κ2) is 10.6. The van der Waals surface area contributed by atoms with Crippen LogP contribution in [0, 0.1) is 0 Å². The number of hydrogen-bond acceptors (Lipinski definition) is 11. The smallest absolute Gasteiger partial charge is 0.333 e. The first-order valence-corrected chi connectivity index (χ1v) is 9.69. The number of aliphatic hydroxyl groups excluding tert-OH is 6. The van der Waals surface area contributed by atoms with Crippen molar-refractivity contribution in [1.29, 1.82) is 0 Å². The minimum atomic E-state index is -1.71. The van der Waals surface area contributed by atoms with Gasteiger partial charge in [-0.3, -0.25) is 0 Å². The van der Waals surface area contributed by atoms with Gasteiger partial charge in [0.1, 0.15) is 42.7 Å². The first-order chi connectivity index (χ1) is 14.8. The van der Waals surface area contributed by atoms with Crippen LogP contribution in [0.2, 0.25) is 0 Å². The van der Waals surface area contributed by atoms with E-state index in [1.165, 1.54) is 6.08 Å². The van der Waals surface area contributed by atoms with E-state index in [1.54, 1.807) is 24.3 Å². The fourth-order valence-electron chi connectivity index (χ4n) is 3.23. The van der Waals surface area contributed by atoms with Gasteiger partial charge in [-0.25, -0.2) is 4.79 Å². The maximum absolute atomic E-state index is 12.1. The molecular weight excluding hydrogens is 416 g/mol. The zero-order valence-corrected chi connectivity index (χ0v) is 16.4. The van der Waals surface area contributed by atoms with Crippen LogP contribution in [0.15, 0.2) is 36.4 Å². The second-order valence-corrected chi connectivity index (χ2v) is 7.24. The Morgan fingerprint density at radius 2 is 1.48 bits per heavy atom. The standard InChI is InChI=1S/C20H26O11/c21-8-11-14(23)17(26)19(29-11)28-9-12-15(24)16(25)18(27)20(30-12)31-13(22)7-6-10-4-2-1-3-5-10/h1-7,11-12,14-21,23-27H,8-9H2/b7-6+/t11-,12-,14+,15-,16+,17-,18-,19+,20+/m1/s1. The molecule has 0 aromatic heterocycles. The molecule has 0 spiro atoms. The highest BCUT2D eigenvalue weighted by atomic mass is 16.7. The van der Waals surface area contributed by atoms with E-state index < -0.39 is 74.5 Å². The van der Waals surface area contributed by atoms with E-state index in [9.17, 15) is 30.3 Å². The van der Waals surface area contributed by atoms with Gasteiger partial charge in [-0.15, -0.1) is 0 Å². The van der Waals surface area contributed by atoms with E-state index in [1.807, 2.05) is 6.07 Å². The molecule has 0 unspecified atom stereocenters. The third kappa shape index (κ3) is 5.66. The van der Waals surface area contributed by atoms with Gasteiger partial charge in [0.2, 0.25) is 6.29 Å². The Balaban J connectivity index is 1.57. The predicted octanol–water partition coefficient (Wildman–Crippen LogP) is -2.49. The number of benzene rings is 1. The average molecular weight is 442 g/mol. The fourth-order valence-corrected chi connectivity index (χ4v) is 3.23. The van der Waals surface area contributed by atoms with Crippen LogP contribution in [0.4, 0.5) is 0 Å². The molecule has 9 atom stereocenters. The van der Waals surface area contributed by atoms with Crippen molar-refractivity contribution in [1.82, 2.24) is 0 Å². The predicted molar refractivity (Wildman–Crippen MR) is 102 cm³/mol. The maximum Gasteiger partial charge on any atom is 0.333 e. The first-order valence-electron chi connectivity index (χ1n) is 9.69. The maximum atomic E-state index is 12.1. The van der Waals surface area contributed by atoms with Crippen LogP contribution >= 0.6 is 0 Å². The van der Waals surface area contributed by atoms with Crippen molar-refractivity contribution in [3.05, 3.63) is 42.0 Å². The Hall–Kier alpha value is -1.93. The molecule has 11 nitrogen and oxygen atoms in total. The molecule has 172 valence electrons. The third-order valence-corrected chi connectivity index (χ3v) is 5.04. The van der Waals surface area contributed by atoms with Crippen LogP contribution in [-0.2, 0) is 23.7 Å². The molecule has 1 aromatic rings. The minimum Gasteiger partial charge on any atom is -0.430 e. The monoisotopic (exact) mass is 442 g/mol.